The molecule has 3 N–H and O–H groups in total. The molecule has 3 aliphatic carbocycles. The van der Waals surface area contributed by atoms with Gasteiger partial charge in [0.1, 0.15) is 0 Å². The quantitative estimate of drug-likeness (QED) is 0.744. The van der Waals surface area contributed by atoms with Gasteiger partial charge in [-0.3, -0.25) is 0 Å². The SMILES string of the molecule is COc1cc2c(cc1O)C(O)CC1C2CC[C@]2(C)C(O)CCC12. The van der Waals surface area contributed by atoms with Gasteiger partial charge in [-0.15, -0.1) is 0 Å². The smallest absolute Gasteiger partial charge is 0.160 e. The van der Waals surface area contributed by atoms with Crippen LogP contribution in [0, 0.1) is 17.3 Å². The van der Waals surface area contributed by atoms with Crippen LogP contribution in [0.4, 0.5) is 0 Å². The summed E-state index contributed by atoms with van der Waals surface area (Å²) in [5.74, 6) is 1.85. The molecule has 0 saturated heterocycles. The van der Waals surface area contributed by atoms with Crippen molar-refractivity contribution < 1.29 is 20.1 Å². The van der Waals surface area contributed by atoms with Crippen LogP contribution < -0.4 is 4.74 Å². The predicted molar refractivity (Wildman–Crippen MR) is 86.5 cm³/mol. The summed E-state index contributed by atoms with van der Waals surface area (Å²) in [5, 5.41) is 31.1. The first kappa shape index (κ1) is 15.3. The van der Waals surface area contributed by atoms with Crippen LogP contribution >= 0.6 is 0 Å². The topological polar surface area (TPSA) is 69.9 Å². The number of aromatic hydroxyl groups is 1. The van der Waals surface area contributed by atoms with Gasteiger partial charge in [0.2, 0.25) is 0 Å². The van der Waals surface area contributed by atoms with Gasteiger partial charge in [-0.2, -0.15) is 0 Å². The average molecular weight is 318 g/mol. The van der Waals surface area contributed by atoms with Crippen LogP contribution in [-0.4, -0.2) is 28.5 Å². The van der Waals surface area contributed by atoms with Crippen molar-refractivity contribution >= 4 is 0 Å². The van der Waals surface area contributed by atoms with Crippen molar-refractivity contribution in [1.82, 2.24) is 0 Å². The van der Waals surface area contributed by atoms with Gasteiger partial charge < -0.3 is 20.1 Å². The van der Waals surface area contributed by atoms with Crippen molar-refractivity contribution in [1.29, 1.82) is 0 Å². The predicted octanol–water partition coefficient (Wildman–Crippen LogP) is 3.11. The lowest BCUT2D eigenvalue weighted by atomic mass is 9.55. The number of aliphatic hydroxyl groups is 2. The van der Waals surface area contributed by atoms with E-state index in [1.807, 2.05) is 6.07 Å². The Hall–Kier alpha value is -1.26. The van der Waals surface area contributed by atoms with Crippen molar-refractivity contribution in [2.45, 2.75) is 57.2 Å². The third kappa shape index (κ3) is 2.04. The summed E-state index contributed by atoms with van der Waals surface area (Å²) in [4.78, 5) is 0. The number of methoxy groups -OCH3 is 1. The Kier molecular flexibility index (Phi) is 3.40. The van der Waals surface area contributed by atoms with Gasteiger partial charge in [-0.25, -0.2) is 0 Å². The average Bonchev–Trinajstić information content (AvgIpc) is 2.83. The Labute approximate surface area is 137 Å². The minimum Gasteiger partial charge on any atom is -0.504 e. The second-order valence-corrected chi connectivity index (χ2v) is 7.92. The van der Waals surface area contributed by atoms with Crippen LogP contribution in [0.25, 0.3) is 0 Å². The Bertz CT molecular complexity index is 628. The van der Waals surface area contributed by atoms with E-state index in [4.69, 9.17) is 4.74 Å². The number of hydrogen-bond acceptors (Lipinski definition) is 4. The fraction of sp³-hybridized carbons (Fsp3) is 0.684. The van der Waals surface area contributed by atoms with E-state index in [2.05, 4.69) is 6.92 Å². The highest BCUT2D eigenvalue weighted by Crippen LogP contribution is 2.62. The van der Waals surface area contributed by atoms with E-state index in [9.17, 15) is 15.3 Å². The normalized spacial score (nSPS) is 41.8. The third-order valence-electron chi connectivity index (χ3n) is 7.03. The Morgan fingerprint density at radius 3 is 2.65 bits per heavy atom. The zero-order valence-electron chi connectivity index (χ0n) is 13.8. The van der Waals surface area contributed by atoms with Crippen LogP contribution in [0.5, 0.6) is 11.5 Å². The highest BCUT2D eigenvalue weighted by atomic mass is 16.5. The van der Waals surface area contributed by atoms with Crippen molar-refractivity contribution in [2.75, 3.05) is 7.11 Å². The van der Waals surface area contributed by atoms with Crippen LogP contribution in [0.15, 0.2) is 12.1 Å². The van der Waals surface area contributed by atoms with E-state index >= 15 is 0 Å². The Morgan fingerprint density at radius 2 is 1.91 bits per heavy atom. The van der Waals surface area contributed by atoms with E-state index in [-0.39, 0.29) is 17.3 Å². The molecule has 4 nitrogen and oxygen atoms in total. The molecule has 4 heteroatoms. The van der Waals surface area contributed by atoms with Crippen LogP contribution in [0.2, 0.25) is 0 Å². The van der Waals surface area contributed by atoms with Crippen molar-refractivity contribution in [3.63, 3.8) is 0 Å². The molecule has 0 heterocycles. The zero-order valence-corrected chi connectivity index (χ0v) is 13.8. The van der Waals surface area contributed by atoms with Crippen molar-refractivity contribution in [3.05, 3.63) is 23.3 Å². The number of aliphatic hydroxyl groups excluding tert-OH is 2. The highest BCUT2D eigenvalue weighted by molar-refractivity contribution is 5.50. The molecule has 6 atom stereocenters. The molecule has 23 heavy (non-hydrogen) atoms. The molecule has 0 aliphatic heterocycles. The molecule has 0 spiro atoms. The monoisotopic (exact) mass is 318 g/mol. The van der Waals surface area contributed by atoms with Crippen LogP contribution in [0.3, 0.4) is 0 Å². The minimum absolute atomic E-state index is 0.000600. The first-order valence-corrected chi connectivity index (χ1v) is 8.72. The van der Waals surface area contributed by atoms with Gasteiger partial charge in [0, 0.05) is 0 Å². The maximum absolute atomic E-state index is 10.6. The largest absolute Gasteiger partial charge is 0.504 e. The maximum atomic E-state index is 10.6. The van der Waals surface area contributed by atoms with Crippen molar-refractivity contribution in [2.24, 2.45) is 17.3 Å². The molecule has 2 saturated carbocycles. The third-order valence-corrected chi connectivity index (χ3v) is 7.03. The summed E-state index contributed by atoms with van der Waals surface area (Å²) in [6.07, 6.45) is 3.98. The summed E-state index contributed by atoms with van der Waals surface area (Å²) in [6.45, 7) is 2.23. The molecule has 5 unspecified atom stereocenters. The number of benzene rings is 1. The number of ether oxygens (including phenoxy) is 1. The highest BCUT2D eigenvalue weighted by Gasteiger charge is 2.55. The summed E-state index contributed by atoms with van der Waals surface area (Å²) in [6, 6.07) is 3.59. The van der Waals surface area contributed by atoms with Crippen LogP contribution in [0.1, 0.15) is 62.2 Å². The van der Waals surface area contributed by atoms with Gasteiger partial charge in [0.15, 0.2) is 11.5 Å². The maximum Gasteiger partial charge on any atom is 0.160 e. The summed E-state index contributed by atoms with van der Waals surface area (Å²) >= 11 is 0. The molecule has 1 aromatic rings. The second-order valence-electron chi connectivity index (χ2n) is 7.92. The Morgan fingerprint density at radius 1 is 1.13 bits per heavy atom. The van der Waals surface area contributed by atoms with Gasteiger partial charge in [-0.1, -0.05) is 6.92 Å². The van der Waals surface area contributed by atoms with E-state index in [0.29, 0.717) is 23.5 Å². The molecule has 0 radical (unpaired) electrons. The molecule has 3 aliphatic rings. The molecule has 4 rings (SSSR count). The lowest BCUT2D eigenvalue weighted by Crippen LogP contribution is -2.44. The number of hydrogen-bond donors (Lipinski definition) is 3. The van der Waals surface area contributed by atoms with E-state index in [0.717, 1.165) is 43.2 Å². The number of fused-ring (bicyclic) bond motifs is 5. The molecule has 0 amide bonds. The first-order chi connectivity index (χ1) is 11.0. The number of phenols is 1. The molecular formula is C19H26O4. The molecule has 126 valence electrons. The summed E-state index contributed by atoms with van der Waals surface area (Å²) in [7, 11) is 1.56. The molecule has 2 fully saturated rings. The molecule has 1 aromatic carbocycles. The second kappa shape index (κ2) is 5.12. The Balaban J connectivity index is 1.77. The fourth-order valence-electron chi connectivity index (χ4n) is 5.73. The van der Waals surface area contributed by atoms with Gasteiger partial charge >= 0.3 is 0 Å². The standard InChI is InChI=1S/C19H26O4/c1-19-6-5-10-11-9-17(23-2)16(21)8-13(11)15(20)7-12(10)14(19)3-4-18(19)22/h8-10,12,14-15,18,20-22H,3-7H2,1-2H3/t10?,12?,14?,15?,18?,19-/m0/s1. The number of phenolic OH excluding ortho intramolecular Hbond substituents is 1. The van der Waals surface area contributed by atoms with E-state index < -0.39 is 6.10 Å². The molecule has 0 bridgehead atoms. The molecule has 0 aromatic heterocycles. The van der Waals surface area contributed by atoms with E-state index in [1.165, 1.54) is 0 Å². The summed E-state index contributed by atoms with van der Waals surface area (Å²) in [5.41, 5.74) is 1.98. The lowest BCUT2D eigenvalue weighted by Gasteiger charge is -2.51. The van der Waals surface area contributed by atoms with Crippen molar-refractivity contribution in [3.8, 4) is 11.5 Å². The lowest BCUT2D eigenvalue weighted by molar-refractivity contribution is -0.0372. The summed E-state index contributed by atoms with van der Waals surface area (Å²) < 4.78 is 5.28. The van der Waals surface area contributed by atoms with Gasteiger partial charge in [-0.05, 0) is 78.5 Å². The minimum atomic E-state index is -0.539. The zero-order chi connectivity index (χ0) is 16.4. The number of rotatable bonds is 1. The fourth-order valence-corrected chi connectivity index (χ4v) is 5.73. The van der Waals surface area contributed by atoms with Gasteiger partial charge in [0.25, 0.3) is 0 Å². The molecular weight excluding hydrogens is 292 g/mol. The van der Waals surface area contributed by atoms with Gasteiger partial charge in [0.05, 0.1) is 19.3 Å². The van der Waals surface area contributed by atoms with E-state index in [1.54, 1.807) is 13.2 Å². The first-order valence-electron chi connectivity index (χ1n) is 8.72. The van der Waals surface area contributed by atoms with Crippen LogP contribution in [-0.2, 0) is 0 Å².